The average Bonchev–Trinajstić information content (AvgIpc) is 3.47. The van der Waals surface area contributed by atoms with Crippen molar-refractivity contribution in [2.45, 2.75) is 20.4 Å². The summed E-state index contributed by atoms with van der Waals surface area (Å²) in [6, 6.07) is 13.1. The Morgan fingerprint density at radius 3 is 2.55 bits per heavy atom. The quantitative estimate of drug-likeness (QED) is 0.501. The van der Waals surface area contributed by atoms with Gasteiger partial charge in [0.1, 0.15) is 11.5 Å². The maximum Gasteiger partial charge on any atom is 0.272 e. The molecule has 9 nitrogen and oxygen atoms in total. The lowest BCUT2D eigenvalue weighted by atomic mass is 10.1. The van der Waals surface area contributed by atoms with Crippen molar-refractivity contribution in [2.75, 3.05) is 5.32 Å². The minimum Gasteiger partial charge on any atom is -0.467 e. The number of hydrogen-bond acceptors (Lipinski definition) is 5. The molecule has 4 aromatic rings. The Kier molecular flexibility index (Phi) is 5.40. The van der Waals surface area contributed by atoms with Gasteiger partial charge in [0.25, 0.3) is 11.8 Å². The number of carbonyl (C=O) groups excluding carboxylic acids is 2. The van der Waals surface area contributed by atoms with Crippen LogP contribution >= 0.6 is 0 Å². The summed E-state index contributed by atoms with van der Waals surface area (Å²) in [4.78, 5) is 25.8. The summed E-state index contributed by atoms with van der Waals surface area (Å²) in [6.45, 7) is 3.84. The van der Waals surface area contributed by atoms with Crippen LogP contribution in [-0.4, -0.2) is 31.4 Å². The molecule has 0 bridgehead atoms. The fourth-order valence-electron chi connectivity index (χ4n) is 3.44. The molecule has 1 aromatic carbocycles. The standard InChI is InChI=1S/C22H22N6O3/c1-14-19(15(2)28(26-14)16-8-5-4-6-9-16)21(29)25-18-13-24-27(3)20(18)22(30)23-12-17-10-7-11-31-17/h4-11,13H,12H2,1-3H3,(H,23,30)(H,25,29). The highest BCUT2D eigenvalue weighted by molar-refractivity contribution is 6.09. The SMILES string of the molecule is Cc1nn(-c2ccccc2)c(C)c1C(=O)Nc1cnn(C)c1C(=O)NCc1ccco1. The fraction of sp³-hybridized carbons (Fsp3) is 0.182. The van der Waals surface area contributed by atoms with Crippen molar-refractivity contribution >= 4 is 17.5 Å². The largest absolute Gasteiger partial charge is 0.467 e. The number of benzene rings is 1. The summed E-state index contributed by atoms with van der Waals surface area (Å²) in [6.07, 6.45) is 2.99. The molecule has 0 aliphatic carbocycles. The van der Waals surface area contributed by atoms with Crippen LogP contribution in [0.2, 0.25) is 0 Å². The van der Waals surface area contributed by atoms with Gasteiger partial charge >= 0.3 is 0 Å². The lowest BCUT2D eigenvalue weighted by Crippen LogP contribution is -2.26. The summed E-state index contributed by atoms with van der Waals surface area (Å²) in [5, 5.41) is 14.2. The summed E-state index contributed by atoms with van der Waals surface area (Å²) in [5.74, 6) is -0.105. The molecule has 0 radical (unpaired) electrons. The van der Waals surface area contributed by atoms with Gasteiger partial charge in [0.15, 0.2) is 0 Å². The molecule has 31 heavy (non-hydrogen) atoms. The molecular weight excluding hydrogens is 396 g/mol. The van der Waals surface area contributed by atoms with Gasteiger partial charge in [0.05, 0.1) is 47.3 Å². The van der Waals surface area contributed by atoms with Crippen LogP contribution < -0.4 is 10.6 Å². The van der Waals surface area contributed by atoms with E-state index in [1.165, 1.54) is 17.1 Å². The van der Waals surface area contributed by atoms with Crippen molar-refractivity contribution in [3.8, 4) is 5.69 Å². The number of rotatable bonds is 6. The Morgan fingerprint density at radius 1 is 1.06 bits per heavy atom. The smallest absolute Gasteiger partial charge is 0.272 e. The van der Waals surface area contributed by atoms with E-state index in [0.29, 0.717) is 28.4 Å². The van der Waals surface area contributed by atoms with Crippen LogP contribution in [0.15, 0.2) is 59.3 Å². The van der Waals surface area contributed by atoms with Crippen LogP contribution in [0, 0.1) is 13.8 Å². The van der Waals surface area contributed by atoms with Gasteiger partial charge in [0.2, 0.25) is 0 Å². The molecule has 0 spiro atoms. The zero-order valence-electron chi connectivity index (χ0n) is 17.4. The molecule has 2 N–H and O–H groups in total. The number of amides is 2. The van der Waals surface area contributed by atoms with Crippen LogP contribution in [0.3, 0.4) is 0 Å². The van der Waals surface area contributed by atoms with Gasteiger partial charge in [-0.2, -0.15) is 10.2 Å². The van der Waals surface area contributed by atoms with E-state index in [1.54, 1.807) is 30.8 Å². The maximum atomic E-state index is 13.1. The number of nitrogens with one attached hydrogen (secondary N) is 2. The van der Waals surface area contributed by atoms with Crippen molar-refractivity contribution in [1.82, 2.24) is 24.9 Å². The highest BCUT2D eigenvalue weighted by Gasteiger charge is 2.23. The molecule has 0 aliphatic heterocycles. The molecule has 0 aliphatic rings. The number of nitrogens with zero attached hydrogens (tertiary/aromatic N) is 4. The molecule has 158 valence electrons. The van der Waals surface area contributed by atoms with Gasteiger partial charge in [-0.25, -0.2) is 4.68 Å². The second kappa shape index (κ2) is 8.31. The van der Waals surface area contributed by atoms with Crippen molar-refractivity contribution in [2.24, 2.45) is 7.05 Å². The number of hydrogen-bond donors (Lipinski definition) is 2. The molecule has 9 heteroatoms. The third-order valence-corrected chi connectivity index (χ3v) is 4.92. The van der Waals surface area contributed by atoms with E-state index >= 15 is 0 Å². The normalized spacial score (nSPS) is 10.8. The summed E-state index contributed by atoms with van der Waals surface area (Å²) in [7, 11) is 1.64. The minimum atomic E-state index is -0.375. The van der Waals surface area contributed by atoms with Crippen molar-refractivity contribution in [3.05, 3.63) is 83.3 Å². The van der Waals surface area contributed by atoms with E-state index < -0.39 is 0 Å². The Bertz CT molecular complexity index is 1220. The predicted molar refractivity (Wildman–Crippen MR) is 114 cm³/mol. The van der Waals surface area contributed by atoms with E-state index in [-0.39, 0.29) is 24.1 Å². The number of aryl methyl sites for hydroxylation is 2. The van der Waals surface area contributed by atoms with E-state index in [4.69, 9.17) is 4.42 Å². The first-order valence-electron chi connectivity index (χ1n) is 9.71. The summed E-state index contributed by atoms with van der Waals surface area (Å²) in [5.41, 5.74) is 3.16. The monoisotopic (exact) mass is 418 g/mol. The second-order valence-electron chi connectivity index (χ2n) is 7.04. The lowest BCUT2D eigenvalue weighted by molar-refractivity contribution is 0.0939. The van der Waals surface area contributed by atoms with E-state index in [0.717, 1.165) is 5.69 Å². The molecule has 0 saturated carbocycles. The Morgan fingerprint density at radius 2 is 1.84 bits per heavy atom. The first-order chi connectivity index (χ1) is 15.0. The van der Waals surface area contributed by atoms with Gasteiger partial charge in [-0.05, 0) is 38.1 Å². The van der Waals surface area contributed by atoms with Gasteiger partial charge < -0.3 is 15.1 Å². The number of para-hydroxylation sites is 1. The van der Waals surface area contributed by atoms with E-state index in [9.17, 15) is 9.59 Å². The van der Waals surface area contributed by atoms with Gasteiger partial charge in [0, 0.05) is 7.05 Å². The number of anilines is 1. The topological polar surface area (TPSA) is 107 Å². The number of furan rings is 1. The molecule has 2 amide bonds. The lowest BCUT2D eigenvalue weighted by Gasteiger charge is -2.09. The number of carbonyl (C=O) groups is 2. The minimum absolute atomic E-state index is 0.229. The summed E-state index contributed by atoms with van der Waals surface area (Å²) < 4.78 is 8.38. The van der Waals surface area contributed by atoms with Gasteiger partial charge in [-0.1, -0.05) is 18.2 Å². The Balaban J connectivity index is 1.56. The molecular formula is C22H22N6O3. The van der Waals surface area contributed by atoms with Crippen LogP contribution in [-0.2, 0) is 13.6 Å². The van der Waals surface area contributed by atoms with Crippen molar-refractivity contribution in [3.63, 3.8) is 0 Å². The van der Waals surface area contributed by atoms with Crippen LogP contribution in [0.1, 0.15) is 38.0 Å². The van der Waals surface area contributed by atoms with Crippen LogP contribution in [0.25, 0.3) is 5.69 Å². The van der Waals surface area contributed by atoms with Crippen molar-refractivity contribution < 1.29 is 14.0 Å². The van der Waals surface area contributed by atoms with Gasteiger partial charge in [-0.3, -0.25) is 14.3 Å². The Hall–Kier alpha value is -4.14. The highest BCUT2D eigenvalue weighted by Crippen LogP contribution is 2.21. The second-order valence-corrected chi connectivity index (χ2v) is 7.04. The van der Waals surface area contributed by atoms with E-state index in [2.05, 4.69) is 20.8 Å². The fourth-order valence-corrected chi connectivity index (χ4v) is 3.44. The number of aromatic nitrogens is 4. The molecule has 0 saturated heterocycles. The third-order valence-electron chi connectivity index (χ3n) is 4.92. The van der Waals surface area contributed by atoms with Crippen LogP contribution in [0.5, 0.6) is 0 Å². The first-order valence-corrected chi connectivity index (χ1v) is 9.71. The molecule has 4 rings (SSSR count). The van der Waals surface area contributed by atoms with Gasteiger partial charge in [-0.15, -0.1) is 0 Å². The van der Waals surface area contributed by atoms with E-state index in [1.807, 2.05) is 37.3 Å². The Labute approximate surface area is 178 Å². The molecule has 0 unspecified atom stereocenters. The average molecular weight is 418 g/mol. The molecule has 3 heterocycles. The molecule has 0 fully saturated rings. The molecule has 3 aromatic heterocycles. The highest BCUT2D eigenvalue weighted by atomic mass is 16.3. The third kappa shape index (κ3) is 3.97. The zero-order valence-corrected chi connectivity index (χ0v) is 17.4. The summed E-state index contributed by atoms with van der Waals surface area (Å²) >= 11 is 0. The first kappa shape index (κ1) is 20.1. The van der Waals surface area contributed by atoms with Crippen molar-refractivity contribution in [1.29, 1.82) is 0 Å². The zero-order chi connectivity index (χ0) is 22.0. The maximum absolute atomic E-state index is 13.1. The van der Waals surface area contributed by atoms with Crippen LogP contribution in [0.4, 0.5) is 5.69 Å². The molecule has 0 atom stereocenters. The predicted octanol–water partition coefficient (Wildman–Crippen LogP) is 3.00.